The van der Waals surface area contributed by atoms with Gasteiger partial charge in [0.15, 0.2) is 0 Å². The average Bonchev–Trinajstić information content (AvgIpc) is 2.83. The highest BCUT2D eigenvalue weighted by Crippen LogP contribution is 2.11. The third-order valence-electron chi connectivity index (χ3n) is 2.92. The average molecular weight is 270 g/mol. The molecule has 5 heteroatoms. The summed E-state index contributed by atoms with van der Waals surface area (Å²) in [6.07, 6.45) is 0.972. The number of aromatic nitrogens is 1. The van der Waals surface area contributed by atoms with Gasteiger partial charge in [-0.05, 0) is 20.3 Å². The summed E-state index contributed by atoms with van der Waals surface area (Å²) >= 11 is 1.68. The van der Waals surface area contributed by atoms with Crippen LogP contribution in [0.25, 0.3) is 0 Å². The monoisotopic (exact) mass is 270 g/mol. The van der Waals surface area contributed by atoms with E-state index in [0.29, 0.717) is 13.2 Å². The molecular weight excluding hydrogens is 248 g/mol. The van der Waals surface area contributed by atoms with Crippen molar-refractivity contribution >= 4 is 17.3 Å². The van der Waals surface area contributed by atoms with Gasteiger partial charge in [0.1, 0.15) is 0 Å². The molecule has 1 N–H and O–H groups in total. The second-order valence-electron chi connectivity index (χ2n) is 4.30. The zero-order valence-corrected chi connectivity index (χ0v) is 12.3. The first-order valence-electron chi connectivity index (χ1n) is 6.41. The SMILES string of the molecule is CCOC(=O)[C@@H](C)[C@@H](C)NCc1csc(CC)n1. The maximum Gasteiger partial charge on any atom is 0.310 e. The Morgan fingerprint density at radius 1 is 1.50 bits per heavy atom. The van der Waals surface area contributed by atoms with Crippen LogP contribution in [0.1, 0.15) is 38.4 Å². The van der Waals surface area contributed by atoms with Gasteiger partial charge in [0, 0.05) is 18.0 Å². The Labute approximate surface area is 113 Å². The molecule has 102 valence electrons. The number of thiazole rings is 1. The van der Waals surface area contributed by atoms with Gasteiger partial charge in [0.05, 0.1) is 23.2 Å². The van der Waals surface area contributed by atoms with E-state index < -0.39 is 0 Å². The van der Waals surface area contributed by atoms with Crippen LogP contribution in [0.2, 0.25) is 0 Å². The van der Waals surface area contributed by atoms with Crippen LogP contribution in [0.4, 0.5) is 0 Å². The Morgan fingerprint density at radius 2 is 2.22 bits per heavy atom. The molecule has 2 atom stereocenters. The molecule has 1 rings (SSSR count). The minimum Gasteiger partial charge on any atom is -0.466 e. The zero-order chi connectivity index (χ0) is 13.5. The topological polar surface area (TPSA) is 51.2 Å². The highest BCUT2D eigenvalue weighted by Gasteiger charge is 2.20. The highest BCUT2D eigenvalue weighted by atomic mass is 32.1. The molecule has 4 nitrogen and oxygen atoms in total. The summed E-state index contributed by atoms with van der Waals surface area (Å²) in [5.41, 5.74) is 1.04. The minimum absolute atomic E-state index is 0.0795. The van der Waals surface area contributed by atoms with E-state index in [2.05, 4.69) is 22.6 Å². The van der Waals surface area contributed by atoms with Gasteiger partial charge in [-0.2, -0.15) is 0 Å². The van der Waals surface area contributed by atoms with Gasteiger partial charge >= 0.3 is 5.97 Å². The smallest absolute Gasteiger partial charge is 0.310 e. The van der Waals surface area contributed by atoms with E-state index in [1.54, 1.807) is 11.3 Å². The quantitative estimate of drug-likeness (QED) is 0.773. The van der Waals surface area contributed by atoms with E-state index in [0.717, 1.165) is 17.1 Å². The van der Waals surface area contributed by atoms with E-state index >= 15 is 0 Å². The largest absolute Gasteiger partial charge is 0.466 e. The number of nitrogens with zero attached hydrogens (tertiary/aromatic N) is 1. The molecule has 0 aliphatic heterocycles. The van der Waals surface area contributed by atoms with Crippen LogP contribution in [0.3, 0.4) is 0 Å². The molecule has 0 aliphatic carbocycles. The van der Waals surface area contributed by atoms with Gasteiger partial charge in [0.25, 0.3) is 0 Å². The lowest BCUT2D eigenvalue weighted by molar-refractivity contribution is -0.148. The Bertz CT molecular complexity index is 379. The Kier molecular flexibility index (Phi) is 6.29. The molecule has 18 heavy (non-hydrogen) atoms. The van der Waals surface area contributed by atoms with Crippen LogP contribution in [0.15, 0.2) is 5.38 Å². The van der Waals surface area contributed by atoms with Crippen molar-refractivity contribution in [2.75, 3.05) is 6.61 Å². The summed E-state index contributed by atoms with van der Waals surface area (Å²) in [7, 11) is 0. The highest BCUT2D eigenvalue weighted by molar-refractivity contribution is 7.09. The molecule has 0 fully saturated rings. The van der Waals surface area contributed by atoms with Crippen LogP contribution in [-0.4, -0.2) is 23.6 Å². The number of ether oxygens (including phenoxy) is 1. The third kappa shape index (κ3) is 4.38. The van der Waals surface area contributed by atoms with Crippen LogP contribution < -0.4 is 5.32 Å². The lowest BCUT2D eigenvalue weighted by Gasteiger charge is -2.19. The fraction of sp³-hybridized carbons (Fsp3) is 0.692. The number of carbonyl (C=O) groups excluding carboxylic acids is 1. The van der Waals surface area contributed by atoms with Crippen molar-refractivity contribution in [1.82, 2.24) is 10.3 Å². The summed E-state index contributed by atoms with van der Waals surface area (Å²) in [5, 5.41) is 6.53. The molecule has 0 radical (unpaired) electrons. The number of aryl methyl sites for hydroxylation is 1. The summed E-state index contributed by atoms with van der Waals surface area (Å²) in [4.78, 5) is 16.1. The maximum atomic E-state index is 11.6. The van der Waals surface area contributed by atoms with Gasteiger partial charge in [-0.15, -0.1) is 11.3 Å². The van der Waals surface area contributed by atoms with Crippen molar-refractivity contribution in [3.8, 4) is 0 Å². The van der Waals surface area contributed by atoms with Gasteiger partial charge in [-0.25, -0.2) is 4.98 Å². The van der Waals surface area contributed by atoms with Crippen LogP contribution >= 0.6 is 11.3 Å². The molecular formula is C13H22N2O2S. The lowest BCUT2D eigenvalue weighted by Crippen LogP contribution is -2.36. The van der Waals surface area contributed by atoms with E-state index in [1.807, 2.05) is 20.8 Å². The predicted molar refractivity (Wildman–Crippen MR) is 73.6 cm³/mol. The van der Waals surface area contributed by atoms with Gasteiger partial charge in [0.2, 0.25) is 0 Å². The van der Waals surface area contributed by atoms with E-state index in [9.17, 15) is 4.79 Å². The van der Waals surface area contributed by atoms with Gasteiger partial charge in [-0.3, -0.25) is 4.79 Å². The van der Waals surface area contributed by atoms with Crippen molar-refractivity contribution in [2.24, 2.45) is 5.92 Å². The van der Waals surface area contributed by atoms with Crippen LogP contribution in [-0.2, 0) is 22.5 Å². The fourth-order valence-electron chi connectivity index (χ4n) is 1.51. The molecule has 0 amide bonds. The molecule has 0 bridgehead atoms. The predicted octanol–water partition coefficient (Wildman–Crippen LogP) is 2.38. The Balaban J connectivity index is 2.40. The van der Waals surface area contributed by atoms with Crippen LogP contribution in [0, 0.1) is 5.92 Å². The van der Waals surface area contributed by atoms with Crippen molar-refractivity contribution in [3.63, 3.8) is 0 Å². The second kappa shape index (κ2) is 7.48. The minimum atomic E-state index is -0.148. The molecule has 0 saturated carbocycles. The number of nitrogens with one attached hydrogen (secondary N) is 1. The van der Waals surface area contributed by atoms with Crippen molar-refractivity contribution in [3.05, 3.63) is 16.1 Å². The normalized spacial score (nSPS) is 14.2. The first-order chi connectivity index (χ1) is 8.58. The first kappa shape index (κ1) is 15.1. The number of hydrogen-bond donors (Lipinski definition) is 1. The molecule has 0 saturated heterocycles. The van der Waals surface area contributed by atoms with E-state index in [-0.39, 0.29) is 17.9 Å². The van der Waals surface area contributed by atoms with Crippen molar-refractivity contribution in [2.45, 2.75) is 46.7 Å². The van der Waals surface area contributed by atoms with Gasteiger partial charge in [-0.1, -0.05) is 13.8 Å². The third-order valence-corrected chi connectivity index (χ3v) is 3.96. The molecule has 0 aromatic carbocycles. The number of hydrogen-bond acceptors (Lipinski definition) is 5. The summed E-state index contributed by atoms with van der Waals surface area (Å²) in [6.45, 7) is 8.93. The lowest BCUT2D eigenvalue weighted by atomic mass is 10.0. The molecule has 0 unspecified atom stereocenters. The zero-order valence-electron chi connectivity index (χ0n) is 11.5. The van der Waals surface area contributed by atoms with Crippen molar-refractivity contribution < 1.29 is 9.53 Å². The Morgan fingerprint density at radius 3 is 2.78 bits per heavy atom. The number of rotatable bonds is 7. The molecule has 1 heterocycles. The maximum absolute atomic E-state index is 11.6. The molecule has 1 aromatic rings. The second-order valence-corrected chi connectivity index (χ2v) is 5.24. The summed E-state index contributed by atoms with van der Waals surface area (Å²) in [6, 6.07) is 0.0795. The molecule has 0 spiro atoms. The van der Waals surface area contributed by atoms with Crippen molar-refractivity contribution in [1.29, 1.82) is 0 Å². The Hall–Kier alpha value is -0.940. The standard InChI is InChI=1S/C13H22N2O2S/c1-5-12-15-11(8-18-12)7-14-10(4)9(3)13(16)17-6-2/h8-10,14H,5-7H2,1-4H3/t9-,10+/m0/s1. The van der Waals surface area contributed by atoms with E-state index in [4.69, 9.17) is 4.74 Å². The molecule has 0 aliphatic rings. The van der Waals surface area contributed by atoms with E-state index in [1.165, 1.54) is 0 Å². The number of esters is 1. The van der Waals surface area contributed by atoms with Gasteiger partial charge < -0.3 is 10.1 Å². The van der Waals surface area contributed by atoms with Crippen LogP contribution in [0.5, 0.6) is 0 Å². The summed E-state index contributed by atoms with van der Waals surface area (Å²) in [5.74, 6) is -0.292. The fourth-order valence-corrected chi connectivity index (χ4v) is 2.26. The summed E-state index contributed by atoms with van der Waals surface area (Å²) < 4.78 is 5.01. The molecule has 1 aromatic heterocycles. The first-order valence-corrected chi connectivity index (χ1v) is 7.29. The number of carbonyl (C=O) groups is 1.